The van der Waals surface area contributed by atoms with Gasteiger partial charge in [-0.15, -0.1) is 10.2 Å². The molecule has 0 aliphatic heterocycles. The van der Waals surface area contributed by atoms with Crippen molar-refractivity contribution in [3.05, 3.63) is 52.6 Å². The lowest BCUT2D eigenvalue weighted by Gasteiger charge is -2.06. The summed E-state index contributed by atoms with van der Waals surface area (Å²) >= 11 is 1.57. The Labute approximate surface area is 120 Å². The van der Waals surface area contributed by atoms with Gasteiger partial charge in [0.05, 0.1) is 0 Å². The molecule has 1 aromatic carbocycles. The van der Waals surface area contributed by atoms with Gasteiger partial charge in [0.15, 0.2) is 5.16 Å². The number of rotatable bonds is 3. The molecule has 0 saturated carbocycles. The maximum atomic E-state index is 12.5. The molecule has 0 N–H and O–H groups in total. The van der Waals surface area contributed by atoms with Crippen LogP contribution in [0.1, 0.15) is 12.5 Å². The van der Waals surface area contributed by atoms with Crippen molar-refractivity contribution in [1.29, 1.82) is 0 Å². The lowest BCUT2D eigenvalue weighted by atomic mass is 10.2. The van der Waals surface area contributed by atoms with Crippen molar-refractivity contribution in [3.63, 3.8) is 0 Å². The van der Waals surface area contributed by atoms with Crippen LogP contribution in [0.5, 0.6) is 0 Å². The van der Waals surface area contributed by atoms with E-state index in [0.29, 0.717) is 5.65 Å². The molecule has 0 amide bonds. The van der Waals surface area contributed by atoms with Crippen molar-refractivity contribution in [3.8, 4) is 5.69 Å². The molecule has 0 atom stereocenters. The molecular weight excluding hydrogens is 272 g/mol. The topological polar surface area (TPSA) is 52.2 Å². The monoisotopic (exact) mass is 286 g/mol. The van der Waals surface area contributed by atoms with Crippen LogP contribution < -0.4 is 5.56 Å². The van der Waals surface area contributed by atoms with Gasteiger partial charge in [0, 0.05) is 18.1 Å². The fourth-order valence-electron chi connectivity index (χ4n) is 2.07. The van der Waals surface area contributed by atoms with Crippen LogP contribution in [0.3, 0.4) is 0 Å². The Hall–Kier alpha value is -2.08. The summed E-state index contributed by atoms with van der Waals surface area (Å²) in [6.07, 6.45) is 3.59. The molecule has 20 heavy (non-hydrogen) atoms. The van der Waals surface area contributed by atoms with Gasteiger partial charge in [-0.2, -0.15) is 0 Å². The SMILES string of the molecule is CCSc1nnc2c(=O)n(-c3cccc(C)c3)ccn12. The molecule has 0 aliphatic carbocycles. The first-order chi connectivity index (χ1) is 9.70. The lowest BCUT2D eigenvalue weighted by Crippen LogP contribution is -2.20. The number of nitrogens with zero attached hydrogens (tertiary/aromatic N) is 4. The highest BCUT2D eigenvalue weighted by molar-refractivity contribution is 7.99. The second-order valence-electron chi connectivity index (χ2n) is 4.42. The minimum absolute atomic E-state index is 0.159. The molecule has 6 heteroatoms. The van der Waals surface area contributed by atoms with Gasteiger partial charge in [-0.3, -0.25) is 13.8 Å². The van der Waals surface area contributed by atoms with Gasteiger partial charge >= 0.3 is 5.56 Å². The first-order valence-corrected chi connectivity index (χ1v) is 7.35. The zero-order valence-electron chi connectivity index (χ0n) is 11.3. The summed E-state index contributed by atoms with van der Waals surface area (Å²) in [4.78, 5) is 12.5. The number of benzene rings is 1. The minimum Gasteiger partial charge on any atom is -0.280 e. The summed E-state index contributed by atoms with van der Waals surface area (Å²) in [5, 5.41) is 8.81. The summed E-state index contributed by atoms with van der Waals surface area (Å²) in [6, 6.07) is 7.81. The van der Waals surface area contributed by atoms with Crippen LogP contribution >= 0.6 is 11.8 Å². The molecule has 0 aliphatic rings. The van der Waals surface area contributed by atoms with Crippen LogP contribution in [0.15, 0.2) is 46.6 Å². The lowest BCUT2D eigenvalue weighted by molar-refractivity contribution is 0.893. The Morgan fingerprint density at radius 1 is 1.25 bits per heavy atom. The summed E-state index contributed by atoms with van der Waals surface area (Å²) in [7, 11) is 0. The first-order valence-electron chi connectivity index (χ1n) is 6.37. The third-order valence-corrected chi connectivity index (χ3v) is 3.82. The molecule has 0 unspecified atom stereocenters. The van der Waals surface area contributed by atoms with Crippen molar-refractivity contribution in [2.24, 2.45) is 0 Å². The Balaban J connectivity index is 2.20. The summed E-state index contributed by atoms with van der Waals surface area (Å²) in [5.41, 5.74) is 2.14. The van der Waals surface area contributed by atoms with E-state index in [9.17, 15) is 4.79 Å². The van der Waals surface area contributed by atoms with Gasteiger partial charge in [-0.1, -0.05) is 30.8 Å². The number of aryl methyl sites for hydroxylation is 1. The van der Waals surface area contributed by atoms with E-state index in [1.165, 1.54) is 0 Å². The largest absolute Gasteiger partial charge is 0.300 e. The highest BCUT2D eigenvalue weighted by Crippen LogP contribution is 2.15. The van der Waals surface area contributed by atoms with Gasteiger partial charge in [0.25, 0.3) is 0 Å². The Morgan fingerprint density at radius 3 is 2.85 bits per heavy atom. The van der Waals surface area contributed by atoms with Crippen molar-refractivity contribution in [2.45, 2.75) is 19.0 Å². The van der Waals surface area contributed by atoms with E-state index in [1.807, 2.05) is 44.3 Å². The van der Waals surface area contributed by atoms with Gasteiger partial charge < -0.3 is 0 Å². The molecule has 2 aromatic heterocycles. The number of hydrogen-bond acceptors (Lipinski definition) is 4. The van der Waals surface area contributed by atoms with Gasteiger partial charge in [0.2, 0.25) is 5.65 Å². The average molecular weight is 286 g/mol. The maximum Gasteiger partial charge on any atom is 0.300 e. The molecule has 102 valence electrons. The summed E-state index contributed by atoms with van der Waals surface area (Å²) in [6.45, 7) is 4.04. The normalized spacial score (nSPS) is 11.1. The summed E-state index contributed by atoms with van der Waals surface area (Å²) < 4.78 is 3.33. The van der Waals surface area contributed by atoms with E-state index in [-0.39, 0.29) is 5.56 Å². The number of thioether (sulfide) groups is 1. The smallest absolute Gasteiger partial charge is 0.280 e. The Morgan fingerprint density at radius 2 is 2.10 bits per heavy atom. The zero-order valence-corrected chi connectivity index (χ0v) is 12.1. The van der Waals surface area contributed by atoms with E-state index in [1.54, 1.807) is 26.9 Å². The molecule has 0 bridgehead atoms. The van der Waals surface area contributed by atoms with E-state index in [0.717, 1.165) is 22.2 Å². The molecule has 0 spiro atoms. The van der Waals surface area contributed by atoms with Crippen molar-refractivity contribution in [2.75, 3.05) is 5.75 Å². The standard InChI is InChI=1S/C14H14N4OS/c1-3-20-14-16-15-12-13(19)17(7-8-18(12)14)11-6-4-5-10(2)9-11/h4-9H,3H2,1-2H3. The van der Waals surface area contributed by atoms with Crippen LogP contribution in [0, 0.1) is 6.92 Å². The second-order valence-corrected chi connectivity index (χ2v) is 5.65. The average Bonchev–Trinajstić information content (AvgIpc) is 2.84. The quantitative estimate of drug-likeness (QED) is 0.693. The molecule has 0 fully saturated rings. The van der Waals surface area contributed by atoms with Crippen LogP contribution in [0.2, 0.25) is 0 Å². The van der Waals surface area contributed by atoms with Gasteiger partial charge in [0.1, 0.15) is 0 Å². The minimum atomic E-state index is -0.159. The zero-order chi connectivity index (χ0) is 14.1. The van der Waals surface area contributed by atoms with Crippen LogP contribution in [0.25, 0.3) is 11.3 Å². The molecule has 0 saturated heterocycles. The van der Waals surface area contributed by atoms with Crippen LogP contribution in [0.4, 0.5) is 0 Å². The van der Waals surface area contributed by atoms with E-state index in [2.05, 4.69) is 10.2 Å². The number of hydrogen-bond donors (Lipinski definition) is 0. The van der Waals surface area contributed by atoms with E-state index in [4.69, 9.17) is 0 Å². The van der Waals surface area contributed by atoms with Gasteiger partial charge in [-0.25, -0.2) is 0 Å². The molecule has 0 radical (unpaired) electrons. The molecule has 2 heterocycles. The Kier molecular flexibility index (Phi) is 3.31. The highest BCUT2D eigenvalue weighted by Gasteiger charge is 2.11. The third kappa shape index (κ3) is 2.12. The number of fused-ring (bicyclic) bond motifs is 1. The fourth-order valence-corrected chi connectivity index (χ4v) is 2.72. The fraction of sp³-hybridized carbons (Fsp3) is 0.214. The Bertz CT molecular complexity index is 821. The molecule has 3 aromatic rings. The summed E-state index contributed by atoms with van der Waals surface area (Å²) in [5.74, 6) is 0.891. The van der Waals surface area contributed by atoms with E-state index < -0.39 is 0 Å². The second kappa shape index (κ2) is 5.13. The van der Waals surface area contributed by atoms with Crippen molar-refractivity contribution in [1.82, 2.24) is 19.2 Å². The van der Waals surface area contributed by atoms with E-state index >= 15 is 0 Å². The maximum absolute atomic E-state index is 12.5. The predicted molar refractivity (Wildman–Crippen MR) is 79.7 cm³/mol. The van der Waals surface area contributed by atoms with Crippen LogP contribution in [-0.2, 0) is 0 Å². The van der Waals surface area contributed by atoms with Crippen molar-refractivity contribution >= 4 is 17.4 Å². The molecular formula is C14H14N4OS. The molecule has 5 nitrogen and oxygen atoms in total. The van der Waals surface area contributed by atoms with Crippen LogP contribution in [-0.4, -0.2) is 24.9 Å². The molecule has 3 rings (SSSR count). The van der Waals surface area contributed by atoms with Gasteiger partial charge in [-0.05, 0) is 30.4 Å². The first kappa shape index (κ1) is 12.9. The third-order valence-electron chi connectivity index (χ3n) is 2.99. The number of aromatic nitrogens is 4. The van der Waals surface area contributed by atoms with Crippen molar-refractivity contribution < 1.29 is 0 Å². The highest BCUT2D eigenvalue weighted by atomic mass is 32.2. The predicted octanol–water partition coefficient (Wildman–Crippen LogP) is 2.30.